The Morgan fingerprint density at radius 2 is 2.37 bits per heavy atom. The molecule has 0 spiro atoms. The number of hydrogen-bond acceptors (Lipinski definition) is 3. The van der Waals surface area contributed by atoms with Crippen LogP contribution < -0.4 is 10.1 Å². The lowest BCUT2D eigenvalue weighted by Gasteiger charge is -2.27. The van der Waals surface area contributed by atoms with Gasteiger partial charge >= 0.3 is 0 Å². The molecule has 1 unspecified atom stereocenters. The minimum absolute atomic E-state index is 0.0829. The summed E-state index contributed by atoms with van der Waals surface area (Å²) in [5.74, 6) is 0.821. The molecule has 1 aromatic rings. The standard InChI is InChI=1S/C14H19BrN2O2/c1-3-17(11-6-7-16-9-11)14(18)10-4-5-13(19-2)12(15)8-10/h4-5,8,11,16H,3,6-7,9H2,1-2H3. The summed E-state index contributed by atoms with van der Waals surface area (Å²) in [5.41, 5.74) is 0.696. The summed E-state index contributed by atoms with van der Waals surface area (Å²) in [6, 6.07) is 5.76. The van der Waals surface area contributed by atoms with Crippen molar-refractivity contribution in [3.63, 3.8) is 0 Å². The number of nitrogens with one attached hydrogen (secondary N) is 1. The van der Waals surface area contributed by atoms with Crippen molar-refractivity contribution in [3.05, 3.63) is 28.2 Å². The predicted octanol–water partition coefficient (Wildman–Crippen LogP) is 2.28. The summed E-state index contributed by atoms with van der Waals surface area (Å²) in [6.07, 6.45) is 1.02. The molecule has 1 atom stereocenters. The fourth-order valence-electron chi connectivity index (χ4n) is 2.44. The summed E-state index contributed by atoms with van der Waals surface area (Å²) in [6.45, 7) is 4.63. The number of hydrogen-bond donors (Lipinski definition) is 1. The molecule has 104 valence electrons. The van der Waals surface area contributed by atoms with Gasteiger partial charge in [0.15, 0.2) is 0 Å². The second kappa shape index (κ2) is 6.39. The second-order valence-electron chi connectivity index (χ2n) is 4.59. The molecule has 0 aromatic heterocycles. The largest absolute Gasteiger partial charge is 0.496 e. The van der Waals surface area contributed by atoms with Gasteiger partial charge in [-0.2, -0.15) is 0 Å². The number of carbonyl (C=O) groups excluding carboxylic acids is 1. The number of benzene rings is 1. The molecule has 1 aromatic carbocycles. The fraction of sp³-hybridized carbons (Fsp3) is 0.500. The van der Waals surface area contributed by atoms with Crippen LogP contribution in [-0.4, -0.2) is 43.6 Å². The zero-order chi connectivity index (χ0) is 13.8. The first kappa shape index (κ1) is 14.3. The Morgan fingerprint density at radius 3 is 2.89 bits per heavy atom. The SMILES string of the molecule is CCN(C(=O)c1ccc(OC)c(Br)c1)C1CCNC1. The lowest BCUT2D eigenvalue weighted by atomic mass is 10.1. The van der Waals surface area contributed by atoms with Gasteiger partial charge in [0.25, 0.3) is 5.91 Å². The first-order valence-electron chi connectivity index (χ1n) is 6.52. The van der Waals surface area contributed by atoms with E-state index in [1.165, 1.54) is 0 Å². The van der Waals surface area contributed by atoms with E-state index in [9.17, 15) is 4.79 Å². The smallest absolute Gasteiger partial charge is 0.254 e. The van der Waals surface area contributed by atoms with Gasteiger partial charge < -0.3 is 15.0 Å². The lowest BCUT2D eigenvalue weighted by Crippen LogP contribution is -2.41. The van der Waals surface area contributed by atoms with Crippen molar-refractivity contribution in [2.24, 2.45) is 0 Å². The van der Waals surface area contributed by atoms with Crippen LogP contribution in [0.25, 0.3) is 0 Å². The molecule has 0 saturated carbocycles. The first-order valence-corrected chi connectivity index (χ1v) is 7.32. The van der Waals surface area contributed by atoms with Gasteiger partial charge in [-0.3, -0.25) is 4.79 Å². The van der Waals surface area contributed by atoms with E-state index in [0.717, 1.165) is 36.3 Å². The van der Waals surface area contributed by atoms with Gasteiger partial charge in [0.05, 0.1) is 11.6 Å². The summed E-state index contributed by atoms with van der Waals surface area (Å²) in [4.78, 5) is 14.5. The number of carbonyl (C=O) groups is 1. The van der Waals surface area contributed by atoms with Crippen LogP contribution in [0, 0.1) is 0 Å². The monoisotopic (exact) mass is 326 g/mol. The van der Waals surface area contributed by atoms with E-state index >= 15 is 0 Å². The molecule has 0 bridgehead atoms. The molecule has 5 heteroatoms. The quantitative estimate of drug-likeness (QED) is 0.923. The molecule has 0 radical (unpaired) electrons. The van der Waals surface area contributed by atoms with Crippen LogP contribution in [-0.2, 0) is 0 Å². The Kier molecular flexibility index (Phi) is 4.82. The van der Waals surface area contributed by atoms with Gasteiger partial charge in [0.1, 0.15) is 5.75 Å². The van der Waals surface area contributed by atoms with Crippen LogP contribution in [0.2, 0.25) is 0 Å². The van der Waals surface area contributed by atoms with E-state index in [4.69, 9.17) is 4.74 Å². The Bertz CT molecular complexity index is 459. The highest BCUT2D eigenvalue weighted by Gasteiger charge is 2.26. The van der Waals surface area contributed by atoms with Crippen molar-refractivity contribution >= 4 is 21.8 Å². The van der Waals surface area contributed by atoms with E-state index < -0.39 is 0 Å². The van der Waals surface area contributed by atoms with Crippen LogP contribution in [0.1, 0.15) is 23.7 Å². The lowest BCUT2D eigenvalue weighted by molar-refractivity contribution is 0.0703. The fourth-order valence-corrected chi connectivity index (χ4v) is 2.98. The van der Waals surface area contributed by atoms with Crippen LogP contribution in [0.15, 0.2) is 22.7 Å². The highest BCUT2D eigenvalue weighted by Crippen LogP contribution is 2.26. The Balaban J connectivity index is 2.19. The minimum atomic E-state index is 0.0829. The number of ether oxygens (including phenoxy) is 1. The highest BCUT2D eigenvalue weighted by molar-refractivity contribution is 9.10. The third kappa shape index (κ3) is 3.09. The maximum Gasteiger partial charge on any atom is 0.254 e. The van der Waals surface area contributed by atoms with Crippen molar-refractivity contribution < 1.29 is 9.53 Å². The van der Waals surface area contributed by atoms with Gasteiger partial charge in [-0.25, -0.2) is 0 Å². The molecule has 19 heavy (non-hydrogen) atoms. The van der Waals surface area contributed by atoms with Gasteiger partial charge in [-0.05, 0) is 54.0 Å². The predicted molar refractivity (Wildman–Crippen MR) is 78.7 cm³/mol. The summed E-state index contributed by atoms with van der Waals surface area (Å²) in [5, 5.41) is 3.30. The van der Waals surface area contributed by atoms with Crippen molar-refractivity contribution in [3.8, 4) is 5.75 Å². The molecule has 4 nitrogen and oxygen atoms in total. The van der Waals surface area contributed by atoms with Crippen LogP contribution in [0.5, 0.6) is 5.75 Å². The molecule has 0 aliphatic carbocycles. The summed E-state index contributed by atoms with van der Waals surface area (Å²) >= 11 is 3.42. The van der Waals surface area contributed by atoms with Crippen molar-refractivity contribution in [1.29, 1.82) is 0 Å². The highest BCUT2D eigenvalue weighted by atomic mass is 79.9. The number of methoxy groups -OCH3 is 1. The Labute approximate surface area is 122 Å². The minimum Gasteiger partial charge on any atom is -0.496 e. The maximum atomic E-state index is 12.6. The van der Waals surface area contributed by atoms with E-state index in [-0.39, 0.29) is 5.91 Å². The Morgan fingerprint density at radius 1 is 1.58 bits per heavy atom. The van der Waals surface area contributed by atoms with E-state index in [0.29, 0.717) is 11.6 Å². The summed E-state index contributed by atoms with van der Waals surface area (Å²) < 4.78 is 5.99. The van der Waals surface area contributed by atoms with E-state index in [1.807, 2.05) is 30.0 Å². The molecule has 1 aliphatic heterocycles. The molecular weight excluding hydrogens is 308 g/mol. The first-order chi connectivity index (χ1) is 9.17. The summed E-state index contributed by atoms with van der Waals surface area (Å²) in [7, 11) is 1.62. The second-order valence-corrected chi connectivity index (χ2v) is 5.44. The molecule has 1 amide bonds. The number of halogens is 1. The normalized spacial score (nSPS) is 18.4. The molecule has 2 rings (SSSR count). The van der Waals surface area contributed by atoms with Gasteiger partial charge in [0, 0.05) is 24.7 Å². The average molecular weight is 327 g/mol. The molecule has 1 fully saturated rings. The number of nitrogens with zero attached hydrogens (tertiary/aromatic N) is 1. The van der Waals surface area contributed by atoms with Gasteiger partial charge in [0.2, 0.25) is 0 Å². The topological polar surface area (TPSA) is 41.6 Å². The van der Waals surface area contributed by atoms with E-state index in [1.54, 1.807) is 7.11 Å². The molecular formula is C14H19BrN2O2. The van der Waals surface area contributed by atoms with Crippen molar-refractivity contribution in [1.82, 2.24) is 10.2 Å². The van der Waals surface area contributed by atoms with Gasteiger partial charge in [-0.15, -0.1) is 0 Å². The average Bonchev–Trinajstić information content (AvgIpc) is 2.93. The zero-order valence-electron chi connectivity index (χ0n) is 11.3. The Hall–Kier alpha value is -1.07. The van der Waals surface area contributed by atoms with Crippen LogP contribution >= 0.6 is 15.9 Å². The van der Waals surface area contributed by atoms with E-state index in [2.05, 4.69) is 21.2 Å². The number of amides is 1. The molecule has 1 saturated heterocycles. The maximum absolute atomic E-state index is 12.6. The van der Waals surface area contributed by atoms with Crippen LogP contribution in [0.4, 0.5) is 0 Å². The van der Waals surface area contributed by atoms with Crippen molar-refractivity contribution in [2.75, 3.05) is 26.7 Å². The van der Waals surface area contributed by atoms with Crippen LogP contribution in [0.3, 0.4) is 0 Å². The number of likely N-dealkylation sites (N-methyl/N-ethyl adjacent to an activating group) is 1. The third-order valence-corrected chi connectivity index (χ3v) is 4.10. The number of rotatable bonds is 4. The van der Waals surface area contributed by atoms with Gasteiger partial charge in [-0.1, -0.05) is 0 Å². The molecule has 1 N–H and O–H groups in total. The third-order valence-electron chi connectivity index (χ3n) is 3.48. The zero-order valence-corrected chi connectivity index (χ0v) is 12.9. The molecule has 1 heterocycles. The van der Waals surface area contributed by atoms with Crippen molar-refractivity contribution in [2.45, 2.75) is 19.4 Å². The molecule has 1 aliphatic rings.